The van der Waals surface area contributed by atoms with Gasteiger partial charge in [-0.2, -0.15) is 4.80 Å². The van der Waals surface area contributed by atoms with E-state index < -0.39 is 5.60 Å². The van der Waals surface area contributed by atoms with Crippen molar-refractivity contribution in [1.29, 1.82) is 0 Å². The summed E-state index contributed by atoms with van der Waals surface area (Å²) in [5, 5.41) is 20.2. The number of aliphatic hydroxyl groups is 1. The number of hydrogen-bond acceptors (Lipinski definition) is 7. The average Bonchev–Trinajstić information content (AvgIpc) is 3.17. The van der Waals surface area contributed by atoms with Crippen LogP contribution in [0.5, 0.6) is 0 Å². The van der Waals surface area contributed by atoms with Gasteiger partial charge in [0.2, 0.25) is 5.65 Å². The van der Waals surface area contributed by atoms with Crippen molar-refractivity contribution in [3.63, 3.8) is 0 Å². The van der Waals surface area contributed by atoms with Crippen LogP contribution in [0.25, 0.3) is 11.2 Å². The smallest absolute Gasteiger partial charge is 0.207 e. The molecule has 148 valence electrons. The number of aromatic nitrogens is 6. The van der Waals surface area contributed by atoms with Crippen LogP contribution in [0.4, 0.5) is 5.82 Å². The first kappa shape index (κ1) is 19.0. The summed E-state index contributed by atoms with van der Waals surface area (Å²) in [5.41, 5.74) is 0.876. The number of halogens is 1. The molecule has 0 saturated carbocycles. The van der Waals surface area contributed by atoms with Gasteiger partial charge in [-0.1, -0.05) is 32.4 Å². The fraction of sp³-hybridized carbons (Fsp3) is 0.526. The Kier molecular flexibility index (Phi) is 4.50. The van der Waals surface area contributed by atoms with Gasteiger partial charge in [0, 0.05) is 24.7 Å². The second kappa shape index (κ2) is 6.63. The standard InChI is InChI=1S/C19H24ClN7O/c1-18(2,3)17-22-15-14(16(23-17)26-9-7-19(4,28)11-26)24-27(25-15)10-13-12(20)6-5-8-21-13/h5-6,8,28H,7,9-11H2,1-4H3/t19-/m0/s1. The molecular weight excluding hydrogens is 378 g/mol. The predicted molar refractivity (Wildman–Crippen MR) is 108 cm³/mol. The van der Waals surface area contributed by atoms with Crippen molar-refractivity contribution in [1.82, 2.24) is 29.9 Å². The molecule has 3 aromatic rings. The van der Waals surface area contributed by atoms with Crippen LogP contribution < -0.4 is 4.90 Å². The largest absolute Gasteiger partial charge is 0.388 e. The highest BCUT2D eigenvalue weighted by atomic mass is 35.5. The van der Waals surface area contributed by atoms with E-state index in [1.54, 1.807) is 23.1 Å². The number of anilines is 1. The molecule has 1 N–H and O–H groups in total. The van der Waals surface area contributed by atoms with E-state index in [0.717, 1.165) is 0 Å². The number of fused-ring (bicyclic) bond motifs is 1. The first-order valence-corrected chi connectivity index (χ1v) is 9.70. The van der Waals surface area contributed by atoms with E-state index in [4.69, 9.17) is 16.6 Å². The summed E-state index contributed by atoms with van der Waals surface area (Å²) in [6, 6.07) is 3.58. The van der Waals surface area contributed by atoms with Gasteiger partial charge >= 0.3 is 0 Å². The molecule has 28 heavy (non-hydrogen) atoms. The topological polar surface area (TPSA) is 92.8 Å². The number of pyridine rings is 1. The van der Waals surface area contributed by atoms with Gasteiger partial charge in [0.15, 0.2) is 11.3 Å². The maximum atomic E-state index is 10.4. The number of rotatable bonds is 3. The van der Waals surface area contributed by atoms with Crippen LogP contribution in [-0.4, -0.2) is 53.7 Å². The first-order chi connectivity index (χ1) is 13.1. The fourth-order valence-corrected chi connectivity index (χ4v) is 3.44. The molecule has 1 fully saturated rings. The minimum absolute atomic E-state index is 0.237. The highest BCUT2D eigenvalue weighted by Crippen LogP contribution is 2.31. The highest BCUT2D eigenvalue weighted by molar-refractivity contribution is 6.31. The Labute approximate surface area is 168 Å². The van der Waals surface area contributed by atoms with Gasteiger partial charge in [0.05, 0.1) is 16.3 Å². The summed E-state index contributed by atoms with van der Waals surface area (Å²) in [6.45, 7) is 9.60. The molecule has 0 amide bonds. The zero-order valence-electron chi connectivity index (χ0n) is 16.5. The normalized spacial score (nSPS) is 20.3. The van der Waals surface area contributed by atoms with Crippen molar-refractivity contribution in [2.24, 2.45) is 0 Å². The van der Waals surface area contributed by atoms with Gasteiger partial charge < -0.3 is 10.0 Å². The molecule has 1 aliphatic heterocycles. The van der Waals surface area contributed by atoms with Crippen LogP contribution in [0.2, 0.25) is 5.02 Å². The average molecular weight is 402 g/mol. The molecule has 1 aliphatic rings. The molecule has 0 bridgehead atoms. The summed E-state index contributed by atoms with van der Waals surface area (Å²) in [5.74, 6) is 1.41. The third kappa shape index (κ3) is 3.66. The molecule has 0 aromatic carbocycles. The van der Waals surface area contributed by atoms with E-state index in [1.807, 2.05) is 6.92 Å². The highest BCUT2D eigenvalue weighted by Gasteiger charge is 2.34. The maximum Gasteiger partial charge on any atom is 0.207 e. The molecule has 8 nitrogen and oxygen atoms in total. The van der Waals surface area contributed by atoms with Crippen molar-refractivity contribution < 1.29 is 5.11 Å². The van der Waals surface area contributed by atoms with E-state index in [2.05, 4.69) is 45.8 Å². The lowest BCUT2D eigenvalue weighted by Gasteiger charge is -2.22. The Morgan fingerprint density at radius 2 is 2.04 bits per heavy atom. The summed E-state index contributed by atoms with van der Waals surface area (Å²) in [4.78, 5) is 17.4. The number of nitrogens with zero attached hydrogens (tertiary/aromatic N) is 7. The lowest BCUT2D eigenvalue weighted by atomic mass is 9.96. The van der Waals surface area contributed by atoms with Crippen LogP contribution in [-0.2, 0) is 12.0 Å². The van der Waals surface area contributed by atoms with Crippen LogP contribution in [0.3, 0.4) is 0 Å². The zero-order valence-corrected chi connectivity index (χ0v) is 17.3. The molecule has 0 aliphatic carbocycles. The van der Waals surface area contributed by atoms with Gasteiger partial charge in [-0.25, -0.2) is 9.97 Å². The van der Waals surface area contributed by atoms with Crippen LogP contribution in [0.1, 0.15) is 45.6 Å². The Morgan fingerprint density at radius 3 is 2.68 bits per heavy atom. The lowest BCUT2D eigenvalue weighted by Crippen LogP contribution is -2.31. The van der Waals surface area contributed by atoms with Gasteiger partial charge in [0.25, 0.3) is 0 Å². The first-order valence-electron chi connectivity index (χ1n) is 9.32. The fourth-order valence-electron chi connectivity index (χ4n) is 3.26. The Morgan fingerprint density at radius 1 is 1.25 bits per heavy atom. The Hall–Kier alpha value is -2.32. The summed E-state index contributed by atoms with van der Waals surface area (Å²) in [6.07, 6.45) is 2.38. The zero-order chi connectivity index (χ0) is 20.1. The second-order valence-corrected chi connectivity index (χ2v) is 9.03. The van der Waals surface area contributed by atoms with Crippen molar-refractivity contribution in [2.75, 3.05) is 18.0 Å². The van der Waals surface area contributed by atoms with E-state index in [9.17, 15) is 5.11 Å². The molecular formula is C19H24ClN7O. The van der Waals surface area contributed by atoms with E-state index >= 15 is 0 Å². The molecule has 1 saturated heterocycles. The SMILES string of the molecule is CC(C)(C)c1nc(N2CC[C@](C)(O)C2)c2nn(Cc3ncccc3Cl)nc2n1. The van der Waals surface area contributed by atoms with Crippen LogP contribution in [0, 0.1) is 0 Å². The van der Waals surface area contributed by atoms with Gasteiger partial charge in [-0.3, -0.25) is 4.98 Å². The molecule has 0 radical (unpaired) electrons. The van der Waals surface area contributed by atoms with E-state index in [1.165, 1.54) is 0 Å². The predicted octanol–water partition coefficient (Wildman–Crippen LogP) is 2.58. The molecule has 0 spiro atoms. The molecule has 0 unspecified atom stereocenters. The van der Waals surface area contributed by atoms with Crippen molar-refractivity contribution in [3.8, 4) is 0 Å². The Balaban J connectivity index is 1.80. The maximum absolute atomic E-state index is 10.4. The molecule has 4 rings (SSSR count). The lowest BCUT2D eigenvalue weighted by molar-refractivity contribution is 0.0839. The molecule has 3 aromatic heterocycles. The summed E-state index contributed by atoms with van der Waals surface area (Å²) >= 11 is 6.23. The summed E-state index contributed by atoms with van der Waals surface area (Å²) in [7, 11) is 0. The monoisotopic (exact) mass is 401 g/mol. The minimum Gasteiger partial charge on any atom is -0.388 e. The van der Waals surface area contributed by atoms with Crippen molar-refractivity contribution in [2.45, 2.75) is 51.7 Å². The summed E-state index contributed by atoms with van der Waals surface area (Å²) < 4.78 is 0. The van der Waals surface area contributed by atoms with Gasteiger partial charge in [-0.05, 0) is 25.5 Å². The molecule has 9 heteroatoms. The van der Waals surface area contributed by atoms with Crippen molar-refractivity contribution >= 4 is 28.6 Å². The minimum atomic E-state index is -0.739. The number of hydrogen-bond donors (Lipinski definition) is 1. The third-order valence-corrected chi connectivity index (χ3v) is 5.16. The Bertz CT molecular complexity index is 1020. The van der Waals surface area contributed by atoms with Crippen molar-refractivity contribution in [3.05, 3.63) is 34.9 Å². The second-order valence-electron chi connectivity index (χ2n) is 8.62. The van der Waals surface area contributed by atoms with E-state index in [0.29, 0.717) is 59.6 Å². The number of β-amino-alcohol motifs (C(OH)–C–C–N with tert-alkyl or cyclic N) is 1. The van der Waals surface area contributed by atoms with Crippen LogP contribution >= 0.6 is 11.6 Å². The third-order valence-electron chi connectivity index (χ3n) is 4.82. The van der Waals surface area contributed by atoms with Crippen LogP contribution in [0.15, 0.2) is 18.3 Å². The van der Waals surface area contributed by atoms with Gasteiger partial charge in [0.1, 0.15) is 12.4 Å². The molecule has 1 atom stereocenters. The quantitative estimate of drug-likeness (QED) is 0.720. The van der Waals surface area contributed by atoms with Gasteiger partial charge in [-0.15, -0.1) is 10.2 Å². The van der Waals surface area contributed by atoms with E-state index in [-0.39, 0.29) is 5.41 Å². The molecule has 4 heterocycles.